The van der Waals surface area contributed by atoms with Gasteiger partial charge >= 0.3 is 0 Å². The van der Waals surface area contributed by atoms with Crippen LogP contribution >= 0.6 is 0 Å². The fraction of sp³-hybridized carbons (Fsp3) is 0. The van der Waals surface area contributed by atoms with E-state index in [4.69, 9.17) is 28.8 Å². The van der Waals surface area contributed by atoms with Crippen LogP contribution in [-0.4, -0.2) is 19.9 Å². The van der Waals surface area contributed by atoms with Crippen LogP contribution in [0, 0.1) is 0 Å². The van der Waals surface area contributed by atoms with Gasteiger partial charge in [0.2, 0.25) is 5.89 Å². The highest BCUT2D eigenvalue weighted by atomic mass is 16.4. The second-order valence-electron chi connectivity index (χ2n) is 13.4. The minimum atomic E-state index is 0.567. The molecule has 11 aromatic rings. The maximum absolute atomic E-state index is 6.48. The molecule has 54 heavy (non-hydrogen) atoms. The molecule has 0 atom stereocenters. The number of hydrogen-bond acceptors (Lipinski definition) is 6. The number of benzene rings is 8. The molecule has 0 aliphatic carbocycles. The first-order chi connectivity index (χ1) is 26.8. The second kappa shape index (κ2) is 12.1. The average Bonchev–Trinajstić information content (AvgIpc) is 3.85. The van der Waals surface area contributed by atoms with Gasteiger partial charge in [0, 0.05) is 27.6 Å². The zero-order chi connectivity index (χ0) is 35.6. The Bertz CT molecular complexity index is 3090. The first-order valence-electron chi connectivity index (χ1n) is 17.9. The minimum absolute atomic E-state index is 0.567. The lowest BCUT2D eigenvalue weighted by molar-refractivity contribution is 0.622. The quantitative estimate of drug-likeness (QED) is 0.167. The first kappa shape index (κ1) is 30.2. The normalized spacial score (nSPS) is 11.7. The number of hydrogen-bond donors (Lipinski definition) is 0. The lowest BCUT2D eigenvalue weighted by atomic mass is 9.88. The van der Waals surface area contributed by atoms with E-state index in [9.17, 15) is 0 Å². The molecule has 0 spiro atoms. The Balaban J connectivity index is 1.08. The smallest absolute Gasteiger partial charge is 0.227 e. The predicted octanol–water partition coefficient (Wildman–Crippen LogP) is 12.6. The van der Waals surface area contributed by atoms with Gasteiger partial charge in [-0.05, 0) is 63.0 Å². The molecule has 0 saturated heterocycles. The van der Waals surface area contributed by atoms with Crippen molar-refractivity contribution in [3.63, 3.8) is 0 Å². The highest BCUT2D eigenvalue weighted by molar-refractivity contribution is 6.21. The number of para-hydroxylation sites is 1. The van der Waals surface area contributed by atoms with Crippen LogP contribution in [0.25, 0.3) is 111 Å². The molecule has 3 heterocycles. The van der Waals surface area contributed by atoms with Crippen LogP contribution < -0.4 is 0 Å². The van der Waals surface area contributed by atoms with Gasteiger partial charge in [-0.1, -0.05) is 140 Å². The zero-order valence-electron chi connectivity index (χ0n) is 28.8. The van der Waals surface area contributed by atoms with E-state index >= 15 is 0 Å². The van der Waals surface area contributed by atoms with Crippen molar-refractivity contribution in [2.75, 3.05) is 0 Å². The molecule has 3 aromatic heterocycles. The van der Waals surface area contributed by atoms with Crippen molar-refractivity contribution >= 4 is 54.6 Å². The molecule has 0 N–H and O–H groups in total. The fourth-order valence-corrected chi connectivity index (χ4v) is 7.70. The molecule has 0 amide bonds. The third-order valence-electron chi connectivity index (χ3n) is 10.2. The summed E-state index contributed by atoms with van der Waals surface area (Å²) in [5.41, 5.74) is 9.11. The topological polar surface area (TPSA) is 77.8 Å². The molecule has 6 heteroatoms. The van der Waals surface area contributed by atoms with Crippen molar-refractivity contribution in [1.82, 2.24) is 19.9 Å². The third-order valence-corrected chi connectivity index (χ3v) is 10.2. The summed E-state index contributed by atoms with van der Waals surface area (Å²) in [6, 6.07) is 57.7. The SMILES string of the molecule is c1ccc(-c2nc(-c3ccccc3)nc(-c3c4ccccc4c(-c4ccc(-c5nc6ccc7oc8ccccc8c7c6o5)cc4)c4ccccc34)n2)cc1. The van der Waals surface area contributed by atoms with Crippen LogP contribution in [0.15, 0.2) is 179 Å². The summed E-state index contributed by atoms with van der Waals surface area (Å²) >= 11 is 0. The van der Waals surface area contributed by atoms with Crippen molar-refractivity contribution in [2.45, 2.75) is 0 Å². The fourth-order valence-electron chi connectivity index (χ4n) is 7.70. The Morgan fingerprint density at radius 3 is 1.43 bits per heavy atom. The van der Waals surface area contributed by atoms with Crippen LogP contribution in [0.3, 0.4) is 0 Å². The van der Waals surface area contributed by atoms with E-state index in [-0.39, 0.29) is 0 Å². The van der Waals surface area contributed by atoms with Crippen molar-refractivity contribution in [3.8, 4) is 56.7 Å². The Hall–Kier alpha value is -7.44. The highest BCUT2D eigenvalue weighted by Gasteiger charge is 2.21. The number of oxazole rings is 1. The van der Waals surface area contributed by atoms with Crippen LogP contribution in [0.5, 0.6) is 0 Å². The zero-order valence-corrected chi connectivity index (χ0v) is 28.8. The molecule has 0 aliphatic rings. The number of furan rings is 1. The number of aromatic nitrogens is 4. The van der Waals surface area contributed by atoms with Gasteiger partial charge in [-0.15, -0.1) is 0 Å². The van der Waals surface area contributed by atoms with E-state index in [1.807, 2.05) is 91.0 Å². The van der Waals surface area contributed by atoms with Gasteiger partial charge in [-0.2, -0.15) is 0 Å². The largest absolute Gasteiger partial charge is 0.456 e. The summed E-state index contributed by atoms with van der Waals surface area (Å²) in [6.07, 6.45) is 0. The molecule has 0 unspecified atom stereocenters. The van der Waals surface area contributed by atoms with Crippen molar-refractivity contribution < 1.29 is 8.83 Å². The molecule has 0 saturated carbocycles. The molecule has 0 aliphatic heterocycles. The highest BCUT2D eigenvalue weighted by Crippen LogP contribution is 2.44. The molecule has 11 rings (SSSR count). The molecular formula is C48H28N4O2. The van der Waals surface area contributed by atoms with Crippen LogP contribution in [0.4, 0.5) is 0 Å². The second-order valence-corrected chi connectivity index (χ2v) is 13.4. The lowest BCUT2D eigenvalue weighted by Crippen LogP contribution is -2.01. The monoisotopic (exact) mass is 692 g/mol. The molecule has 6 nitrogen and oxygen atoms in total. The molecule has 0 radical (unpaired) electrons. The summed E-state index contributed by atoms with van der Waals surface area (Å²) < 4.78 is 12.6. The maximum Gasteiger partial charge on any atom is 0.227 e. The molecule has 0 fully saturated rings. The van der Waals surface area contributed by atoms with Gasteiger partial charge in [-0.25, -0.2) is 19.9 Å². The first-order valence-corrected chi connectivity index (χ1v) is 17.9. The standard InChI is InChI=1S/C48H28N4O2/c1-3-13-30(14-4-1)45-50-46(31-15-5-2-6-16-31)52-47(51-45)42-35-19-9-7-17-33(35)41(34-18-8-10-20-36(34)42)29-23-25-32(26-24-29)48-49-38-27-28-40-43(44(38)54-48)37-21-11-12-22-39(37)53-40/h1-28H. The van der Waals surface area contributed by atoms with E-state index in [1.165, 1.54) is 0 Å². The lowest BCUT2D eigenvalue weighted by Gasteiger charge is -2.17. The van der Waals surface area contributed by atoms with Gasteiger partial charge in [0.05, 0.1) is 5.39 Å². The van der Waals surface area contributed by atoms with Crippen molar-refractivity contribution in [2.24, 2.45) is 0 Å². The van der Waals surface area contributed by atoms with E-state index in [1.54, 1.807) is 0 Å². The summed E-state index contributed by atoms with van der Waals surface area (Å²) in [5.74, 6) is 2.46. The van der Waals surface area contributed by atoms with Crippen molar-refractivity contribution in [1.29, 1.82) is 0 Å². The van der Waals surface area contributed by atoms with Gasteiger partial charge in [-0.3, -0.25) is 0 Å². The van der Waals surface area contributed by atoms with Gasteiger partial charge in [0.25, 0.3) is 0 Å². The molecule has 0 bridgehead atoms. The molecular weight excluding hydrogens is 665 g/mol. The molecule has 252 valence electrons. The van der Waals surface area contributed by atoms with Crippen LogP contribution in [0.1, 0.15) is 0 Å². The third kappa shape index (κ3) is 4.81. The summed E-state index contributed by atoms with van der Waals surface area (Å²) in [4.78, 5) is 20.2. The van der Waals surface area contributed by atoms with Gasteiger partial charge < -0.3 is 8.83 Å². The summed E-state index contributed by atoms with van der Waals surface area (Å²) in [5, 5.41) is 6.31. The number of rotatable bonds is 5. The van der Waals surface area contributed by atoms with E-state index in [2.05, 4.69) is 78.9 Å². The van der Waals surface area contributed by atoms with Gasteiger partial charge in [0.1, 0.15) is 16.7 Å². The van der Waals surface area contributed by atoms with E-state index < -0.39 is 0 Å². The predicted molar refractivity (Wildman–Crippen MR) is 217 cm³/mol. The van der Waals surface area contributed by atoms with Crippen LogP contribution in [0.2, 0.25) is 0 Å². The maximum atomic E-state index is 6.48. The van der Waals surface area contributed by atoms with Crippen LogP contribution in [-0.2, 0) is 0 Å². The van der Waals surface area contributed by atoms with Gasteiger partial charge in [0.15, 0.2) is 23.1 Å². The average molecular weight is 693 g/mol. The van der Waals surface area contributed by atoms with E-state index in [0.29, 0.717) is 23.4 Å². The Morgan fingerprint density at radius 2 is 0.815 bits per heavy atom. The van der Waals surface area contributed by atoms with E-state index in [0.717, 1.165) is 88.0 Å². The number of nitrogens with zero attached hydrogens (tertiary/aromatic N) is 4. The Kier molecular flexibility index (Phi) is 6.75. The minimum Gasteiger partial charge on any atom is -0.456 e. The Morgan fingerprint density at radius 1 is 0.315 bits per heavy atom. The number of fused-ring (bicyclic) bond motifs is 7. The summed E-state index contributed by atoms with van der Waals surface area (Å²) in [7, 11) is 0. The van der Waals surface area contributed by atoms with Crippen molar-refractivity contribution in [3.05, 3.63) is 170 Å². The Labute approximate surface area is 309 Å². The summed E-state index contributed by atoms with van der Waals surface area (Å²) in [6.45, 7) is 0. The molecule has 8 aromatic carbocycles.